The van der Waals surface area contributed by atoms with E-state index < -0.39 is 0 Å². The van der Waals surface area contributed by atoms with E-state index in [4.69, 9.17) is 9.47 Å². The summed E-state index contributed by atoms with van der Waals surface area (Å²) in [7, 11) is 1.60. The fraction of sp³-hybridized carbons (Fsp3) is 0.417. The Morgan fingerprint density at radius 3 is 2.82 bits per heavy atom. The van der Waals surface area contributed by atoms with Gasteiger partial charge in [-0.15, -0.1) is 0 Å². The van der Waals surface area contributed by atoms with Gasteiger partial charge in [0.05, 0.1) is 10.2 Å². The van der Waals surface area contributed by atoms with E-state index in [1.807, 2.05) is 31.2 Å². The van der Waals surface area contributed by atoms with Gasteiger partial charge in [-0.25, -0.2) is 0 Å². The maximum atomic E-state index is 11.5. The molecule has 1 rings (SSSR count). The van der Waals surface area contributed by atoms with Crippen molar-refractivity contribution in [3.8, 4) is 5.75 Å². The lowest BCUT2D eigenvalue weighted by molar-refractivity contribution is -0.124. The lowest BCUT2D eigenvalue weighted by Gasteiger charge is -2.13. The Balaban J connectivity index is 2.36. The van der Waals surface area contributed by atoms with Gasteiger partial charge in [0.15, 0.2) is 6.61 Å². The summed E-state index contributed by atoms with van der Waals surface area (Å²) in [6.45, 7) is 2.40. The van der Waals surface area contributed by atoms with E-state index in [9.17, 15) is 4.79 Å². The molecule has 0 aromatic heterocycles. The monoisotopic (exact) mass is 349 g/mol. The van der Waals surface area contributed by atoms with Crippen LogP contribution in [0.5, 0.6) is 5.75 Å². The molecule has 0 fully saturated rings. The minimum absolute atomic E-state index is 0.00838. The molecular weight excluding hydrogens is 333 g/mol. The van der Waals surface area contributed by atoms with Crippen LogP contribution in [-0.4, -0.2) is 32.3 Å². The summed E-state index contributed by atoms with van der Waals surface area (Å²) in [5, 5.41) is 2.78. The number of para-hydroxylation sites is 1. The number of rotatable bonds is 6. The molecule has 1 amide bonds. The third-order valence-electron chi connectivity index (χ3n) is 2.02. The Morgan fingerprint density at radius 2 is 2.18 bits per heavy atom. The first-order chi connectivity index (χ1) is 8.13. The third-order valence-corrected chi connectivity index (χ3v) is 2.91. The molecule has 4 nitrogen and oxygen atoms in total. The van der Waals surface area contributed by atoms with Crippen LogP contribution in [0.25, 0.3) is 0 Å². The van der Waals surface area contributed by atoms with Crippen LogP contribution in [0.15, 0.2) is 24.3 Å². The van der Waals surface area contributed by atoms with Gasteiger partial charge in [0.2, 0.25) is 0 Å². The first-order valence-corrected chi connectivity index (χ1v) is 6.37. The number of carbonyl (C=O) groups excluding carboxylic acids is 1. The summed E-state index contributed by atoms with van der Waals surface area (Å²) >= 11 is 2.17. The van der Waals surface area contributed by atoms with Crippen LogP contribution in [0.3, 0.4) is 0 Å². The van der Waals surface area contributed by atoms with Crippen molar-refractivity contribution < 1.29 is 14.3 Å². The number of ether oxygens (including phenoxy) is 2. The topological polar surface area (TPSA) is 47.6 Å². The van der Waals surface area contributed by atoms with Crippen molar-refractivity contribution >= 4 is 28.5 Å². The Bertz CT molecular complexity index is 371. The molecule has 94 valence electrons. The Labute approximate surface area is 115 Å². The third kappa shape index (κ3) is 5.36. The number of benzene rings is 1. The minimum Gasteiger partial charge on any atom is -0.483 e. The van der Waals surface area contributed by atoms with Gasteiger partial charge >= 0.3 is 0 Å². The smallest absolute Gasteiger partial charge is 0.258 e. The van der Waals surface area contributed by atoms with Crippen LogP contribution in [0.1, 0.15) is 6.92 Å². The molecule has 0 spiro atoms. The van der Waals surface area contributed by atoms with E-state index in [1.165, 1.54) is 0 Å². The average Bonchev–Trinajstić information content (AvgIpc) is 2.28. The predicted octanol–water partition coefficient (Wildman–Crippen LogP) is 1.82. The fourth-order valence-corrected chi connectivity index (χ4v) is 1.86. The van der Waals surface area contributed by atoms with Crippen molar-refractivity contribution in [3.05, 3.63) is 27.8 Å². The van der Waals surface area contributed by atoms with Crippen molar-refractivity contribution in [2.24, 2.45) is 0 Å². The highest BCUT2D eigenvalue weighted by molar-refractivity contribution is 14.1. The molecule has 0 heterocycles. The highest BCUT2D eigenvalue weighted by atomic mass is 127. The standard InChI is InChI=1S/C12H16INO3/c1-9(7-16-2)14-12(15)8-17-11-6-4-3-5-10(11)13/h3-6,9H,7-8H2,1-2H3,(H,14,15). The summed E-state index contributed by atoms with van der Waals surface area (Å²) < 4.78 is 11.3. The van der Waals surface area contributed by atoms with Crippen molar-refractivity contribution in [1.29, 1.82) is 0 Å². The van der Waals surface area contributed by atoms with Crippen molar-refractivity contribution in [2.45, 2.75) is 13.0 Å². The van der Waals surface area contributed by atoms with E-state index in [-0.39, 0.29) is 18.6 Å². The molecule has 0 saturated heterocycles. The number of hydrogen-bond acceptors (Lipinski definition) is 3. The first-order valence-electron chi connectivity index (χ1n) is 5.29. The van der Waals surface area contributed by atoms with Crippen LogP contribution in [0.4, 0.5) is 0 Å². The van der Waals surface area contributed by atoms with Gasteiger partial charge in [0, 0.05) is 13.2 Å². The molecule has 0 radical (unpaired) electrons. The van der Waals surface area contributed by atoms with E-state index in [0.717, 1.165) is 9.32 Å². The SMILES string of the molecule is COCC(C)NC(=O)COc1ccccc1I. The average molecular weight is 349 g/mol. The molecule has 1 aromatic carbocycles. The summed E-state index contributed by atoms with van der Waals surface area (Å²) in [6, 6.07) is 7.57. The lowest BCUT2D eigenvalue weighted by Crippen LogP contribution is -2.38. The second-order valence-corrected chi connectivity index (χ2v) is 4.81. The van der Waals surface area contributed by atoms with Crippen LogP contribution in [0, 0.1) is 3.57 Å². The Hall–Kier alpha value is -0.820. The molecule has 17 heavy (non-hydrogen) atoms. The summed E-state index contributed by atoms with van der Waals surface area (Å²) in [5.41, 5.74) is 0. The molecule has 1 aromatic rings. The number of carbonyl (C=O) groups is 1. The van der Waals surface area contributed by atoms with Gasteiger partial charge in [-0.05, 0) is 41.6 Å². The van der Waals surface area contributed by atoms with Gasteiger partial charge in [0.25, 0.3) is 5.91 Å². The number of methoxy groups -OCH3 is 1. The highest BCUT2D eigenvalue weighted by Gasteiger charge is 2.08. The van der Waals surface area contributed by atoms with Crippen molar-refractivity contribution in [2.75, 3.05) is 20.3 Å². The summed E-state index contributed by atoms with van der Waals surface area (Å²) in [4.78, 5) is 11.5. The molecule has 0 saturated carbocycles. The molecule has 0 bridgehead atoms. The summed E-state index contributed by atoms with van der Waals surface area (Å²) in [6.07, 6.45) is 0. The molecule has 0 aliphatic rings. The molecule has 0 aliphatic carbocycles. The highest BCUT2D eigenvalue weighted by Crippen LogP contribution is 2.19. The Morgan fingerprint density at radius 1 is 1.47 bits per heavy atom. The predicted molar refractivity (Wildman–Crippen MR) is 74.1 cm³/mol. The molecular formula is C12H16INO3. The second-order valence-electron chi connectivity index (χ2n) is 3.64. The van der Waals surface area contributed by atoms with Gasteiger partial charge in [0.1, 0.15) is 5.75 Å². The van der Waals surface area contributed by atoms with Crippen LogP contribution in [0.2, 0.25) is 0 Å². The zero-order valence-corrected chi connectivity index (χ0v) is 12.1. The fourth-order valence-electron chi connectivity index (χ4n) is 1.31. The van der Waals surface area contributed by atoms with Crippen molar-refractivity contribution in [3.63, 3.8) is 0 Å². The largest absolute Gasteiger partial charge is 0.483 e. The zero-order chi connectivity index (χ0) is 12.7. The van der Waals surface area contributed by atoms with Gasteiger partial charge in [-0.1, -0.05) is 12.1 Å². The second kappa shape index (κ2) is 7.50. The lowest BCUT2D eigenvalue weighted by atomic mass is 10.3. The normalized spacial score (nSPS) is 11.9. The zero-order valence-electron chi connectivity index (χ0n) is 9.90. The molecule has 5 heteroatoms. The molecule has 1 N–H and O–H groups in total. The minimum atomic E-state index is -0.144. The summed E-state index contributed by atoms with van der Waals surface area (Å²) in [5.74, 6) is 0.580. The molecule has 1 unspecified atom stereocenters. The number of hydrogen-bond donors (Lipinski definition) is 1. The number of amides is 1. The van der Waals surface area contributed by atoms with E-state index in [2.05, 4.69) is 27.9 Å². The Kier molecular flexibility index (Phi) is 6.28. The van der Waals surface area contributed by atoms with Gasteiger partial charge in [-0.2, -0.15) is 0 Å². The van der Waals surface area contributed by atoms with Crippen LogP contribution >= 0.6 is 22.6 Å². The maximum absolute atomic E-state index is 11.5. The van der Waals surface area contributed by atoms with E-state index in [0.29, 0.717) is 6.61 Å². The first kappa shape index (κ1) is 14.2. The number of nitrogens with one attached hydrogen (secondary N) is 1. The maximum Gasteiger partial charge on any atom is 0.258 e. The van der Waals surface area contributed by atoms with Gasteiger partial charge < -0.3 is 14.8 Å². The van der Waals surface area contributed by atoms with Crippen molar-refractivity contribution in [1.82, 2.24) is 5.32 Å². The molecule has 0 aliphatic heterocycles. The number of halogens is 1. The quantitative estimate of drug-likeness (QED) is 0.797. The van der Waals surface area contributed by atoms with Gasteiger partial charge in [-0.3, -0.25) is 4.79 Å². The van der Waals surface area contributed by atoms with E-state index in [1.54, 1.807) is 7.11 Å². The molecule has 1 atom stereocenters. The van der Waals surface area contributed by atoms with Crippen LogP contribution in [-0.2, 0) is 9.53 Å². The van der Waals surface area contributed by atoms with Crippen LogP contribution < -0.4 is 10.1 Å². The van der Waals surface area contributed by atoms with E-state index >= 15 is 0 Å².